The summed E-state index contributed by atoms with van der Waals surface area (Å²) in [5, 5.41) is 21.1. The molecule has 2 aliphatic rings. The number of nitrogens with zero attached hydrogens (tertiary/aromatic N) is 1. The third kappa shape index (κ3) is 10.1. The highest BCUT2D eigenvalue weighted by molar-refractivity contribution is 7.92. The number of aliphatic hydroxyl groups excluding tert-OH is 1. The van der Waals surface area contributed by atoms with Gasteiger partial charge in [0.1, 0.15) is 11.9 Å². The topological polar surface area (TPSA) is 128 Å². The van der Waals surface area contributed by atoms with Gasteiger partial charge in [0, 0.05) is 31.4 Å². The summed E-state index contributed by atoms with van der Waals surface area (Å²) in [5.74, 6) is -0.172. The highest BCUT2D eigenvalue weighted by atomic mass is 32.2. The molecule has 6 atom stereocenters. The molecule has 0 spiro atoms. The molecule has 0 aromatic heterocycles. The fraction of sp³-hybridized carbons (Fsp3) is 0.622. The maximum absolute atomic E-state index is 14.1. The number of hydrogen-bond donors (Lipinski definition) is 4. The number of aliphatic hydroxyl groups is 1. The summed E-state index contributed by atoms with van der Waals surface area (Å²) in [6.07, 6.45) is 5.56. The van der Waals surface area contributed by atoms with Crippen LogP contribution in [0.3, 0.4) is 0 Å². The highest BCUT2D eigenvalue weighted by Gasteiger charge is 2.45. The van der Waals surface area contributed by atoms with Crippen LogP contribution in [0.5, 0.6) is 0 Å². The molecule has 3 unspecified atom stereocenters. The number of carbonyl (C=O) groups excluding carboxylic acids is 2. The molecule has 2 aromatic rings. The largest absolute Gasteiger partial charge is 0.390 e. The van der Waals surface area contributed by atoms with Crippen LogP contribution in [0, 0.1) is 17.7 Å². The van der Waals surface area contributed by atoms with Gasteiger partial charge in [0.05, 0.1) is 22.9 Å². The summed E-state index contributed by atoms with van der Waals surface area (Å²) in [5.41, 5.74) is 1.04. The predicted molar refractivity (Wildman–Crippen MR) is 187 cm³/mol. The fourth-order valence-electron chi connectivity index (χ4n) is 7.15. The molecule has 1 saturated carbocycles. The van der Waals surface area contributed by atoms with Crippen molar-refractivity contribution in [3.05, 3.63) is 71.5 Å². The van der Waals surface area contributed by atoms with Crippen molar-refractivity contribution in [3.63, 3.8) is 0 Å². The van der Waals surface area contributed by atoms with Crippen molar-refractivity contribution >= 4 is 21.7 Å². The van der Waals surface area contributed by atoms with Crippen molar-refractivity contribution in [2.45, 2.75) is 114 Å². The number of nitrogens with one attached hydrogen (secondary N) is 3. The number of halogens is 1. The number of sulfone groups is 1. The zero-order valence-electron chi connectivity index (χ0n) is 29.3. The van der Waals surface area contributed by atoms with E-state index in [1.54, 1.807) is 12.1 Å². The number of rotatable bonds is 13. The first-order valence-electron chi connectivity index (χ1n) is 17.2. The van der Waals surface area contributed by atoms with Crippen LogP contribution in [-0.4, -0.2) is 84.1 Å². The standard InChI is InChI=1S/C37H55FN4O5S/c1-36(2,3)41-34(44)31-21-27-16-10-11-17-28(27)23-42(31)24-32(43)30(20-25-13-8-7-9-14-25)40-35(45)33(37(4,5)48(6,46)47)39-22-26-15-12-18-29(38)19-26/h7-9,12-15,18-19,27-28,30-33,39,43H,10-11,16-17,20-24H2,1-6H3,(H,40,45)(H,41,44)/t27-,28+,30?,31?,32?,33+/m0/s1. The molecule has 2 amide bonds. The van der Waals surface area contributed by atoms with Crippen LogP contribution >= 0.6 is 0 Å². The van der Waals surface area contributed by atoms with Crippen LogP contribution in [0.25, 0.3) is 0 Å². The fourth-order valence-corrected chi connectivity index (χ4v) is 7.77. The lowest BCUT2D eigenvalue weighted by molar-refractivity contribution is -0.133. The van der Waals surface area contributed by atoms with Gasteiger partial charge in [0.25, 0.3) is 0 Å². The second-order valence-corrected chi connectivity index (χ2v) is 18.0. The first-order valence-corrected chi connectivity index (χ1v) is 19.1. The minimum absolute atomic E-state index is 0.0566. The quantitative estimate of drug-likeness (QED) is 0.251. The Bertz CT molecular complexity index is 1500. The average molecular weight is 687 g/mol. The van der Waals surface area contributed by atoms with Gasteiger partial charge < -0.3 is 21.1 Å². The van der Waals surface area contributed by atoms with Gasteiger partial charge in [-0.15, -0.1) is 0 Å². The van der Waals surface area contributed by atoms with Crippen LogP contribution in [0.15, 0.2) is 54.6 Å². The summed E-state index contributed by atoms with van der Waals surface area (Å²) in [4.78, 5) is 29.9. The van der Waals surface area contributed by atoms with Crippen molar-refractivity contribution in [2.75, 3.05) is 19.3 Å². The molecule has 9 nitrogen and oxygen atoms in total. The SMILES string of the molecule is CC(C)(C)NC(=O)C1C[C@@H]2CCCC[C@@H]2CN1CC(O)C(Cc1ccccc1)NC(=O)[C@@H](NCc1cccc(F)c1)C(C)(C)S(C)(=O)=O. The van der Waals surface area contributed by atoms with E-state index >= 15 is 0 Å². The minimum atomic E-state index is -3.75. The van der Waals surface area contributed by atoms with Crippen molar-refractivity contribution in [3.8, 4) is 0 Å². The van der Waals surface area contributed by atoms with Crippen LogP contribution < -0.4 is 16.0 Å². The lowest BCUT2D eigenvalue weighted by atomic mass is 9.72. The monoisotopic (exact) mass is 686 g/mol. The Balaban J connectivity index is 1.61. The van der Waals surface area contributed by atoms with Gasteiger partial charge >= 0.3 is 0 Å². The summed E-state index contributed by atoms with van der Waals surface area (Å²) >= 11 is 0. The number of carbonyl (C=O) groups is 2. The molecule has 1 heterocycles. The molecule has 2 fully saturated rings. The molecule has 48 heavy (non-hydrogen) atoms. The van der Waals surface area contributed by atoms with E-state index in [9.17, 15) is 27.5 Å². The molecule has 4 rings (SSSR count). The Labute approximate surface area is 286 Å². The van der Waals surface area contributed by atoms with Crippen molar-refractivity contribution < 1.29 is 27.5 Å². The van der Waals surface area contributed by atoms with Crippen molar-refractivity contribution in [1.29, 1.82) is 0 Å². The van der Waals surface area contributed by atoms with Gasteiger partial charge in [0.15, 0.2) is 9.84 Å². The van der Waals surface area contributed by atoms with E-state index in [0.717, 1.165) is 37.5 Å². The maximum Gasteiger partial charge on any atom is 0.239 e. The van der Waals surface area contributed by atoms with Crippen molar-refractivity contribution in [2.24, 2.45) is 11.8 Å². The smallest absolute Gasteiger partial charge is 0.239 e. The second kappa shape index (κ2) is 15.8. The number of hydrogen-bond acceptors (Lipinski definition) is 7. The third-order valence-electron chi connectivity index (χ3n) is 10.1. The molecular weight excluding hydrogens is 631 g/mol. The lowest BCUT2D eigenvalue weighted by Crippen LogP contribution is -2.63. The number of amides is 2. The minimum Gasteiger partial charge on any atom is -0.390 e. The molecule has 1 aliphatic carbocycles. The Morgan fingerprint density at radius 3 is 2.25 bits per heavy atom. The van der Waals surface area contributed by atoms with E-state index < -0.39 is 56.1 Å². The molecule has 0 bridgehead atoms. The van der Waals surface area contributed by atoms with E-state index in [1.807, 2.05) is 51.1 Å². The van der Waals surface area contributed by atoms with Gasteiger partial charge in [0.2, 0.25) is 11.8 Å². The van der Waals surface area contributed by atoms with E-state index in [4.69, 9.17) is 0 Å². The summed E-state index contributed by atoms with van der Waals surface area (Å²) in [7, 11) is -3.75. The molecule has 4 N–H and O–H groups in total. The first kappa shape index (κ1) is 38.0. The average Bonchev–Trinajstić information content (AvgIpc) is 2.99. The number of benzene rings is 2. The van der Waals surface area contributed by atoms with E-state index in [2.05, 4.69) is 20.9 Å². The number of fused-ring (bicyclic) bond motifs is 1. The van der Waals surface area contributed by atoms with Gasteiger partial charge in [-0.25, -0.2) is 12.8 Å². The van der Waals surface area contributed by atoms with Crippen LogP contribution in [-0.2, 0) is 32.4 Å². The van der Waals surface area contributed by atoms with E-state index in [-0.39, 0.29) is 19.0 Å². The molecule has 11 heteroatoms. The van der Waals surface area contributed by atoms with Crippen LogP contribution in [0.1, 0.15) is 77.8 Å². The Hall–Kier alpha value is -2.86. The summed E-state index contributed by atoms with van der Waals surface area (Å²) in [6, 6.07) is 13.0. The lowest BCUT2D eigenvalue weighted by Gasteiger charge is -2.47. The van der Waals surface area contributed by atoms with Crippen molar-refractivity contribution in [1.82, 2.24) is 20.9 Å². The zero-order valence-corrected chi connectivity index (χ0v) is 30.2. The molecule has 1 aliphatic heterocycles. The van der Waals surface area contributed by atoms with Gasteiger partial charge in [-0.05, 0) is 89.0 Å². The molecule has 1 saturated heterocycles. The predicted octanol–water partition coefficient (Wildman–Crippen LogP) is 3.99. The normalized spacial score (nSPS) is 22.6. The zero-order chi connectivity index (χ0) is 35.3. The Morgan fingerprint density at radius 2 is 1.62 bits per heavy atom. The highest BCUT2D eigenvalue weighted by Crippen LogP contribution is 2.39. The summed E-state index contributed by atoms with van der Waals surface area (Å²) < 4.78 is 38.3. The molecule has 0 radical (unpaired) electrons. The Morgan fingerprint density at radius 1 is 0.979 bits per heavy atom. The molecular formula is C37H55FN4O5S. The van der Waals surface area contributed by atoms with E-state index in [0.29, 0.717) is 30.4 Å². The third-order valence-corrected chi connectivity index (χ3v) is 12.3. The number of piperidine rings is 1. The van der Waals surface area contributed by atoms with E-state index in [1.165, 1.54) is 32.4 Å². The Kier molecular flexibility index (Phi) is 12.5. The van der Waals surface area contributed by atoms with Crippen LogP contribution in [0.4, 0.5) is 4.39 Å². The number of β-amino-alcohol motifs (C(OH)–C–C–N with tert-alkyl or cyclic N) is 1. The number of likely N-dealkylation sites (tertiary alicyclic amines) is 1. The first-order chi connectivity index (χ1) is 22.4. The summed E-state index contributed by atoms with van der Waals surface area (Å²) in [6.45, 7) is 9.76. The van der Waals surface area contributed by atoms with Crippen LogP contribution in [0.2, 0.25) is 0 Å². The maximum atomic E-state index is 14.1. The second-order valence-electron chi connectivity index (χ2n) is 15.4. The van der Waals surface area contributed by atoms with Gasteiger partial charge in [-0.3, -0.25) is 14.5 Å². The molecule has 2 aromatic carbocycles. The van der Waals surface area contributed by atoms with Gasteiger partial charge in [-0.2, -0.15) is 0 Å². The van der Waals surface area contributed by atoms with Gasteiger partial charge in [-0.1, -0.05) is 61.7 Å². The molecule has 266 valence electrons.